The second kappa shape index (κ2) is 3.95. The molecule has 0 radical (unpaired) electrons. The molecule has 74 valence electrons. The van der Waals surface area contributed by atoms with E-state index in [1.165, 1.54) is 0 Å². The third-order valence-corrected chi connectivity index (χ3v) is 2.77. The summed E-state index contributed by atoms with van der Waals surface area (Å²) in [6, 6.07) is 0. The van der Waals surface area contributed by atoms with E-state index in [-0.39, 0.29) is 0 Å². The predicted molar refractivity (Wildman–Crippen MR) is 57.5 cm³/mol. The standard InChI is InChI=1S/C11H20N2/c1-5-9-8(4)6-13-11(7(2)3)10(9)12/h6-9H,5,12H2,1-4H3. The average Bonchev–Trinajstić information content (AvgIpc) is 2.04. The van der Waals surface area contributed by atoms with Crippen molar-refractivity contribution in [2.24, 2.45) is 28.5 Å². The largest absolute Gasteiger partial charge is 0.400 e. The number of nitrogens with two attached hydrogens (primary N) is 1. The van der Waals surface area contributed by atoms with Crippen LogP contribution in [-0.2, 0) is 0 Å². The summed E-state index contributed by atoms with van der Waals surface area (Å²) in [5, 5.41) is 0. The van der Waals surface area contributed by atoms with E-state index >= 15 is 0 Å². The molecule has 0 saturated heterocycles. The first kappa shape index (κ1) is 10.3. The van der Waals surface area contributed by atoms with Gasteiger partial charge in [-0.15, -0.1) is 0 Å². The first-order valence-electron chi connectivity index (χ1n) is 5.11. The predicted octanol–water partition coefficient (Wildman–Crippen LogP) is 2.56. The third kappa shape index (κ3) is 1.93. The molecule has 0 saturated carbocycles. The highest BCUT2D eigenvalue weighted by Crippen LogP contribution is 2.29. The lowest BCUT2D eigenvalue weighted by atomic mass is 9.85. The van der Waals surface area contributed by atoms with Crippen molar-refractivity contribution in [3.8, 4) is 0 Å². The monoisotopic (exact) mass is 180 g/mol. The lowest BCUT2D eigenvalue weighted by Crippen LogP contribution is -2.26. The highest BCUT2D eigenvalue weighted by atomic mass is 14.8. The summed E-state index contributed by atoms with van der Waals surface area (Å²) in [5.74, 6) is 1.43. The fraction of sp³-hybridized carbons (Fsp3) is 0.727. The second-order valence-corrected chi connectivity index (χ2v) is 4.15. The van der Waals surface area contributed by atoms with Crippen molar-refractivity contribution in [3.05, 3.63) is 11.4 Å². The molecule has 1 aliphatic rings. The van der Waals surface area contributed by atoms with Gasteiger partial charge in [0.25, 0.3) is 0 Å². The van der Waals surface area contributed by atoms with Gasteiger partial charge in [-0.1, -0.05) is 27.7 Å². The number of nitrogens with zero attached hydrogens (tertiary/aromatic N) is 1. The Bertz CT molecular complexity index is 238. The van der Waals surface area contributed by atoms with Crippen molar-refractivity contribution in [1.82, 2.24) is 0 Å². The molecule has 2 nitrogen and oxygen atoms in total. The van der Waals surface area contributed by atoms with Crippen LogP contribution in [0, 0.1) is 17.8 Å². The third-order valence-electron chi connectivity index (χ3n) is 2.77. The van der Waals surface area contributed by atoms with Crippen molar-refractivity contribution in [2.45, 2.75) is 34.1 Å². The maximum absolute atomic E-state index is 6.09. The van der Waals surface area contributed by atoms with Gasteiger partial charge >= 0.3 is 0 Å². The van der Waals surface area contributed by atoms with Gasteiger partial charge in [0.05, 0.1) is 5.70 Å². The Labute approximate surface area is 80.9 Å². The molecule has 0 spiro atoms. The maximum atomic E-state index is 6.09. The Kier molecular flexibility index (Phi) is 3.12. The summed E-state index contributed by atoms with van der Waals surface area (Å²) in [6.45, 7) is 8.65. The molecule has 0 aromatic rings. The smallest absolute Gasteiger partial charge is 0.0615 e. The van der Waals surface area contributed by atoms with Gasteiger partial charge in [0.15, 0.2) is 0 Å². The lowest BCUT2D eigenvalue weighted by Gasteiger charge is -2.27. The van der Waals surface area contributed by atoms with Gasteiger partial charge in [-0.05, 0) is 18.3 Å². The zero-order chi connectivity index (χ0) is 10.0. The minimum atomic E-state index is 0.442. The minimum absolute atomic E-state index is 0.442. The van der Waals surface area contributed by atoms with Crippen molar-refractivity contribution >= 4 is 6.21 Å². The van der Waals surface area contributed by atoms with Gasteiger partial charge in [0, 0.05) is 17.8 Å². The van der Waals surface area contributed by atoms with E-state index in [0.717, 1.165) is 17.8 Å². The number of hydrogen-bond donors (Lipinski definition) is 1. The van der Waals surface area contributed by atoms with Crippen molar-refractivity contribution in [2.75, 3.05) is 0 Å². The molecule has 0 aromatic carbocycles. The average molecular weight is 180 g/mol. The topological polar surface area (TPSA) is 38.4 Å². The first-order chi connectivity index (χ1) is 6.07. The van der Waals surface area contributed by atoms with Gasteiger partial charge < -0.3 is 5.73 Å². The van der Waals surface area contributed by atoms with Gasteiger partial charge in [-0.25, -0.2) is 0 Å². The zero-order valence-corrected chi connectivity index (χ0v) is 9.04. The molecule has 13 heavy (non-hydrogen) atoms. The molecule has 0 aliphatic carbocycles. The van der Waals surface area contributed by atoms with Crippen LogP contribution in [-0.4, -0.2) is 6.21 Å². The molecule has 2 heteroatoms. The minimum Gasteiger partial charge on any atom is -0.400 e. The summed E-state index contributed by atoms with van der Waals surface area (Å²) in [5.41, 5.74) is 8.19. The summed E-state index contributed by atoms with van der Waals surface area (Å²) < 4.78 is 0. The van der Waals surface area contributed by atoms with Gasteiger partial charge in [0.2, 0.25) is 0 Å². The summed E-state index contributed by atoms with van der Waals surface area (Å²) >= 11 is 0. The van der Waals surface area contributed by atoms with Crippen LogP contribution >= 0.6 is 0 Å². The van der Waals surface area contributed by atoms with Crippen LogP contribution in [0.1, 0.15) is 34.1 Å². The van der Waals surface area contributed by atoms with Crippen LogP contribution < -0.4 is 5.73 Å². The van der Waals surface area contributed by atoms with Crippen molar-refractivity contribution in [1.29, 1.82) is 0 Å². The maximum Gasteiger partial charge on any atom is 0.0615 e. The lowest BCUT2D eigenvalue weighted by molar-refractivity contribution is 0.473. The van der Waals surface area contributed by atoms with Crippen LogP contribution in [0.5, 0.6) is 0 Å². The van der Waals surface area contributed by atoms with E-state index in [1.807, 2.05) is 6.21 Å². The van der Waals surface area contributed by atoms with Crippen LogP contribution in [0.15, 0.2) is 16.4 Å². The molecule has 0 amide bonds. The SMILES string of the molecule is CCC1C(N)=C(C(C)C)N=CC1C. The highest BCUT2D eigenvalue weighted by molar-refractivity contribution is 5.65. The van der Waals surface area contributed by atoms with Crippen LogP contribution in [0.2, 0.25) is 0 Å². The van der Waals surface area contributed by atoms with E-state index in [0.29, 0.717) is 17.8 Å². The summed E-state index contributed by atoms with van der Waals surface area (Å²) in [7, 11) is 0. The Hall–Kier alpha value is -0.790. The van der Waals surface area contributed by atoms with Gasteiger partial charge in [-0.3, -0.25) is 4.99 Å². The van der Waals surface area contributed by atoms with Crippen LogP contribution in [0.3, 0.4) is 0 Å². The highest BCUT2D eigenvalue weighted by Gasteiger charge is 2.24. The fourth-order valence-electron chi connectivity index (χ4n) is 1.92. The van der Waals surface area contributed by atoms with Gasteiger partial charge in [-0.2, -0.15) is 0 Å². The number of allylic oxidation sites excluding steroid dienone is 2. The van der Waals surface area contributed by atoms with E-state index in [2.05, 4.69) is 32.7 Å². The molecule has 2 atom stereocenters. The quantitative estimate of drug-likeness (QED) is 0.697. The summed E-state index contributed by atoms with van der Waals surface area (Å²) in [4.78, 5) is 4.42. The fourth-order valence-corrected chi connectivity index (χ4v) is 1.92. The van der Waals surface area contributed by atoms with E-state index in [1.54, 1.807) is 0 Å². The molecule has 1 aliphatic heterocycles. The molecule has 0 fully saturated rings. The molecule has 1 rings (SSSR count). The molecule has 2 N–H and O–H groups in total. The van der Waals surface area contributed by atoms with E-state index in [9.17, 15) is 0 Å². The molecular formula is C11H20N2. The molecule has 0 bridgehead atoms. The Morgan fingerprint density at radius 2 is 2.15 bits per heavy atom. The van der Waals surface area contributed by atoms with Gasteiger partial charge in [0.1, 0.15) is 0 Å². The molecular weight excluding hydrogens is 160 g/mol. The van der Waals surface area contributed by atoms with Crippen LogP contribution in [0.4, 0.5) is 0 Å². The first-order valence-corrected chi connectivity index (χ1v) is 5.11. The molecule has 0 aromatic heterocycles. The molecule has 2 unspecified atom stereocenters. The number of hydrogen-bond acceptors (Lipinski definition) is 2. The van der Waals surface area contributed by atoms with Crippen molar-refractivity contribution < 1.29 is 0 Å². The number of rotatable bonds is 2. The van der Waals surface area contributed by atoms with Crippen molar-refractivity contribution in [3.63, 3.8) is 0 Å². The van der Waals surface area contributed by atoms with Crippen LogP contribution in [0.25, 0.3) is 0 Å². The normalized spacial score (nSPS) is 28.7. The Morgan fingerprint density at radius 1 is 1.54 bits per heavy atom. The zero-order valence-electron chi connectivity index (χ0n) is 9.04. The second-order valence-electron chi connectivity index (χ2n) is 4.15. The molecule has 1 heterocycles. The Morgan fingerprint density at radius 3 is 2.62 bits per heavy atom. The summed E-state index contributed by atoms with van der Waals surface area (Å²) in [6.07, 6.45) is 3.15. The van der Waals surface area contributed by atoms with E-state index in [4.69, 9.17) is 5.73 Å². The Balaban J connectivity index is 2.95. The van der Waals surface area contributed by atoms with E-state index < -0.39 is 0 Å². The number of aliphatic imine (C=N–C) groups is 1.